The van der Waals surface area contributed by atoms with Crippen molar-refractivity contribution in [2.45, 2.75) is 19.9 Å². The monoisotopic (exact) mass is 538 g/mol. The average molecular weight is 539 g/mol. The van der Waals surface area contributed by atoms with Crippen molar-refractivity contribution < 1.29 is 19.2 Å². The van der Waals surface area contributed by atoms with Crippen LogP contribution in [-0.2, 0) is 4.79 Å². The fourth-order valence-corrected chi connectivity index (χ4v) is 4.63. The molecule has 1 aliphatic rings. The zero-order valence-electron chi connectivity index (χ0n) is 22.0. The first-order valence-electron chi connectivity index (χ1n) is 12.4. The summed E-state index contributed by atoms with van der Waals surface area (Å²) < 4.78 is 6.69. The molecule has 3 aromatic carbocycles. The Bertz CT molecular complexity index is 1660. The molecule has 1 aromatic heterocycles. The number of nitrogens with one attached hydrogen (secondary N) is 3. The van der Waals surface area contributed by atoms with Crippen LogP contribution in [-0.4, -0.2) is 33.6 Å². The van der Waals surface area contributed by atoms with Gasteiger partial charge in [0.2, 0.25) is 0 Å². The number of ether oxygens (including phenoxy) is 1. The second kappa shape index (κ2) is 10.7. The number of carbonyl (C=O) groups excluding carboxylic acids is 2. The predicted molar refractivity (Wildman–Crippen MR) is 151 cm³/mol. The summed E-state index contributed by atoms with van der Waals surface area (Å²) in [6.07, 6.45) is 1.41. The Labute approximate surface area is 229 Å². The Morgan fingerprint density at radius 3 is 2.40 bits per heavy atom. The van der Waals surface area contributed by atoms with Gasteiger partial charge < -0.3 is 20.7 Å². The van der Waals surface area contributed by atoms with Crippen LogP contribution in [0.15, 0.2) is 90.3 Å². The van der Waals surface area contributed by atoms with Gasteiger partial charge in [-0.2, -0.15) is 5.10 Å². The second-order valence-electron chi connectivity index (χ2n) is 9.28. The number of non-ortho nitro benzene ring substituents is 1. The number of nitro benzene ring substituents is 1. The third-order valence-corrected chi connectivity index (χ3v) is 6.53. The third kappa shape index (κ3) is 5.12. The number of nitro groups is 1. The predicted octanol–water partition coefficient (Wildman–Crippen LogP) is 5.29. The number of allylic oxidation sites excluding steroid dienone is 1. The van der Waals surface area contributed by atoms with E-state index in [4.69, 9.17) is 4.74 Å². The number of hydrogen-bond acceptors (Lipinski definition) is 7. The summed E-state index contributed by atoms with van der Waals surface area (Å²) >= 11 is 0. The van der Waals surface area contributed by atoms with Gasteiger partial charge in [-0.1, -0.05) is 24.3 Å². The summed E-state index contributed by atoms with van der Waals surface area (Å²) in [5.74, 6) is 0.176. The maximum atomic E-state index is 13.7. The van der Waals surface area contributed by atoms with Gasteiger partial charge in [0, 0.05) is 29.2 Å². The fraction of sp³-hybridized carbons (Fsp3) is 0.138. The smallest absolute Gasteiger partial charge is 0.269 e. The molecule has 0 saturated heterocycles. The third-order valence-electron chi connectivity index (χ3n) is 6.53. The first kappa shape index (κ1) is 26.2. The molecule has 0 radical (unpaired) electrons. The van der Waals surface area contributed by atoms with Gasteiger partial charge >= 0.3 is 0 Å². The maximum absolute atomic E-state index is 13.7. The van der Waals surface area contributed by atoms with Gasteiger partial charge in [-0.3, -0.25) is 19.7 Å². The lowest BCUT2D eigenvalue weighted by Gasteiger charge is -2.30. The molecule has 5 rings (SSSR count). The van der Waals surface area contributed by atoms with Gasteiger partial charge in [0.1, 0.15) is 23.2 Å². The van der Waals surface area contributed by atoms with Gasteiger partial charge in [-0.05, 0) is 61.4 Å². The van der Waals surface area contributed by atoms with Gasteiger partial charge in [0.05, 0.1) is 23.8 Å². The van der Waals surface area contributed by atoms with Crippen LogP contribution in [0.3, 0.4) is 0 Å². The number of carbonyl (C=O) groups is 2. The van der Waals surface area contributed by atoms with Crippen molar-refractivity contribution in [3.63, 3.8) is 0 Å². The van der Waals surface area contributed by atoms with E-state index in [1.165, 1.54) is 23.0 Å². The van der Waals surface area contributed by atoms with Gasteiger partial charge in [0.15, 0.2) is 0 Å². The van der Waals surface area contributed by atoms with E-state index in [0.29, 0.717) is 34.2 Å². The Hall–Kier alpha value is -5.45. The lowest BCUT2D eigenvalue weighted by molar-refractivity contribution is -0.384. The number of fused-ring (bicyclic) bond motifs is 1. The van der Waals surface area contributed by atoms with Crippen LogP contribution < -0.4 is 20.7 Å². The first-order valence-corrected chi connectivity index (χ1v) is 12.4. The van der Waals surface area contributed by atoms with Crippen LogP contribution in [0.5, 0.6) is 5.75 Å². The Morgan fingerprint density at radius 2 is 1.70 bits per heavy atom. The highest BCUT2D eigenvalue weighted by atomic mass is 16.6. The molecule has 4 aromatic rings. The zero-order chi connectivity index (χ0) is 28.4. The fourth-order valence-electron chi connectivity index (χ4n) is 4.63. The highest BCUT2D eigenvalue weighted by Crippen LogP contribution is 2.39. The summed E-state index contributed by atoms with van der Waals surface area (Å²) in [7, 11) is 1.55. The minimum Gasteiger partial charge on any atom is -0.497 e. The standard InChI is InChI=1S/C29H26N6O5/c1-17-6-4-8-21(14-17)33-28(36)24-16-30-34-26(19-7-5-9-22(15-19)35(38)39)25(18(2)31-27(24)34)29(37)32-20-10-12-23(40-3)13-11-20/h4-16,26,31H,1-3H3,(H,32,37)(H,33,36)/t26-/m1/s1. The number of benzene rings is 3. The molecule has 11 heteroatoms. The van der Waals surface area contributed by atoms with Crippen LogP contribution in [0.4, 0.5) is 22.9 Å². The molecule has 0 aliphatic carbocycles. The van der Waals surface area contributed by atoms with E-state index in [1.54, 1.807) is 56.5 Å². The first-order chi connectivity index (χ1) is 19.2. The quantitative estimate of drug-likeness (QED) is 0.215. The van der Waals surface area contributed by atoms with E-state index in [9.17, 15) is 19.7 Å². The van der Waals surface area contributed by atoms with Crippen molar-refractivity contribution in [1.82, 2.24) is 9.78 Å². The molecule has 3 N–H and O–H groups in total. The normalized spacial score (nSPS) is 14.1. The maximum Gasteiger partial charge on any atom is 0.269 e. The summed E-state index contributed by atoms with van der Waals surface area (Å²) in [6, 6.07) is 19.4. The minimum atomic E-state index is -0.852. The summed E-state index contributed by atoms with van der Waals surface area (Å²) in [5, 5.41) is 24.9. The summed E-state index contributed by atoms with van der Waals surface area (Å²) in [5.41, 5.74) is 3.50. The molecule has 2 heterocycles. The second-order valence-corrected chi connectivity index (χ2v) is 9.28. The molecular formula is C29H26N6O5. The van der Waals surface area contributed by atoms with Gasteiger partial charge in [-0.15, -0.1) is 0 Å². The van der Waals surface area contributed by atoms with Crippen LogP contribution in [0.1, 0.15) is 34.5 Å². The largest absolute Gasteiger partial charge is 0.497 e. The molecule has 0 unspecified atom stereocenters. The molecular weight excluding hydrogens is 512 g/mol. The van der Waals surface area contributed by atoms with E-state index < -0.39 is 22.8 Å². The van der Waals surface area contributed by atoms with Crippen LogP contribution >= 0.6 is 0 Å². The number of anilines is 3. The molecule has 1 aliphatic heterocycles. The number of rotatable bonds is 7. The van der Waals surface area contributed by atoms with E-state index in [-0.39, 0.29) is 16.8 Å². The highest BCUT2D eigenvalue weighted by Gasteiger charge is 2.36. The van der Waals surface area contributed by atoms with E-state index in [1.807, 2.05) is 25.1 Å². The number of aromatic nitrogens is 2. The molecule has 40 heavy (non-hydrogen) atoms. The lowest BCUT2D eigenvalue weighted by atomic mass is 9.94. The molecule has 202 valence electrons. The van der Waals surface area contributed by atoms with E-state index >= 15 is 0 Å². The van der Waals surface area contributed by atoms with Crippen molar-refractivity contribution in [1.29, 1.82) is 0 Å². The van der Waals surface area contributed by atoms with Crippen LogP contribution in [0.2, 0.25) is 0 Å². The summed E-state index contributed by atoms with van der Waals surface area (Å²) in [4.78, 5) is 38.0. The zero-order valence-corrected chi connectivity index (χ0v) is 22.0. The van der Waals surface area contributed by atoms with Crippen molar-refractivity contribution in [2.24, 2.45) is 0 Å². The average Bonchev–Trinajstić information content (AvgIpc) is 3.36. The number of nitrogens with zero attached hydrogens (tertiary/aromatic N) is 3. The van der Waals surface area contributed by atoms with Crippen LogP contribution in [0, 0.1) is 17.0 Å². The summed E-state index contributed by atoms with van der Waals surface area (Å²) in [6.45, 7) is 3.64. The molecule has 0 spiro atoms. The molecule has 2 amide bonds. The van der Waals surface area contributed by atoms with E-state index in [2.05, 4.69) is 21.0 Å². The Balaban J connectivity index is 1.55. The molecule has 0 fully saturated rings. The molecule has 11 nitrogen and oxygen atoms in total. The van der Waals surface area contributed by atoms with Gasteiger partial charge in [0.25, 0.3) is 17.5 Å². The number of methoxy groups -OCH3 is 1. The molecule has 0 saturated carbocycles. The molecule has 1 atom stereocenters. The van der Waals surface area contributed by atoms with E-state index in [0.717, 1.165) is 5.56 Å². The topological polar surface area (TPSA) is 140 Å². The molecule has 0 bridgehead atoms. The van der Waals surface area contributed by atoms with Crippen molar-refractivity contribution in [3.8, 4) is 5.75 Å². The number of hydrogen-bond donors (Lipinski definition) is 3. The van der Waals surface area contributed by atoms with Crippen molar-refractivity contribution in [2.75, 3.05) is 23.1 Å². The minimum absolute atomic E-state index is 0.130. The number of amides is 2. The Morgan fingerprint density at radius 1 is 0.975 bits per heavy atom. The lowest BCUT2D eigenvalue weighted by Crippen LogP contribution is -2.32. The van der Waals surface area contributed by atoms with Gasteiger partial charge in [-0.25, -0.2) is 4.68 Å². The van der Waals surface area contributed by atoms with Crippen molar-refractivity contribution >= 4 is 34.7 Å². The highest BCUT2D eigenvalue weighted by molar-refractivity contribution is 6.09. The Kier molecular flexibility index (Phi) is 7.02. The SMILES string of the molecule is COc1ccc(NC(=O)C2=C(C)Nc3c(C(=O)Nc4cccc(C)c4)cnn3[C@@H]2c2cccc([N+](=O)[O-])c2)cc1. The number of aryl methyl sites for hydroxylation is 1. The van der Waals surface area contributed by atoms with Crippen LogP contribution in [0.25, 0.3) is 0 Å². The van der Waals surface area contributed by atoms with Crippen molar-refractivity contribution in [3.05, 3.63) is 117 Å².